The minimum Gasteiger partial charge on any atom is -0.398 e. The molecule has 1 saturated carbocycles. The molecule has 1 aliphatic carbocycles. The van der Waals surface area contributed by atoms with Crippen LogP contribution in [0.4, 0.5) is 14.5 Å². The van der Waals surface area contributed by atoms with Crippen LogP contribution in [0.3, 0.4) is 0 Å². The van der Waals surface area contributed by atoms with Crippen molar-refractivity contribution >= 4 is 22.6 Å². The topological polar surface area (TPSA) is 127 Å². The average molecular weight is 515 g/mol. The van der Waals surface area contributed by atoms with Crippen molar-refractivity contribution in [1.82, 2.24) is 35.0 Å². The lowest BCUT2D eigenvalue weighted by atomic mass is 9.90. The van der Waals surface area contributed by atoms with Crippen LogP contribution >= 0.6 is 0 Å². The minimum atomic E-state index is -0.526. The van der Waals surface area contributed by atoms with Crippen molar-refractivity contribution < 1.29 is 13.6 Å². The SMILES string of the molecule is Nc1ccc(F)cc1C(=O)NC1CCCC(n2c(-c3ccccc3F)nc3cnc(-c4ncn[nH]4)cc32)C1. The van der Waals surface area contributed by atoms with Gasteiger partial charge in [-0.25, -0.2) is 18.7 Å². The first-order valence-electron chi connectivity index (χ1n) is 12.3. The maximum atomic E-state index is 15.0. The van der Waals surface area contributed by atoms with Gasteiger partial charge in [-0.1, -0.05) is 12.1 Å². The van der Waals surface area contributed by atoms with E-state index in [9.17, 15) is 13.6 Å². The van der Waals surface area contributed by atoms with E-state index in [-0.39, 0.29) is 29.2 Å². The lowest BCUT2D eigenvalue weighted by Gasteiger charge is -2.32. The van der Waals surface area contributed by atoms with E-state index in [0.29, 0.717) is 34.8 Å². The van der Waals surface area contributed by atoms with E-state index in [1.807, 2.05) is 10.6 Å². The third-order valence-electron chi connectivity index (χ3n) is 6.96. The van der Waals surface area contributed by atoms with E-state index in [4.69, 9.17) is 10.7 Å². The van der Waals surface area contributed by atoms with E-state index < -0.39 is 11.7 Å². The van der Waals surface area contributed by atoms with E-state index in [0.717, 1.165) is 30.8 Å². The Balaban J connectivity index is 1.39. The summed E-state index contributed by atoms with van der Waals surface area (Å²) in [4.78, 5) is 26.4. The number of rotatable bonds is 5. The van der Waals surface area contributed by atoms with Gasteiger partial charge in [0.2, 0.25) is 0 Å². The number of carbonyl (C=O) groups is 1. The summed E-state index contributed by atoms with van der Waals surface area (Å²) in [6.07, 6.45) is 6.01. The van der Waals surface area contributed by atoms with Gasteiger partial charge in [0, 0.05) is 17.8 Å². The van der Waals surface area contributed by atoms with Crippen molar-refractivity contribution in [2.24, 2.45) is 0 Å². The standard InChI is InChI=1S/C27H24F2N8O/c28-15-8-9-21(30)19(10-15)27(38)34-16-4-3-5-17(11-16)37-24-12-22(25-32-14-33-36-25)31-13-23(24)35-26(37)18-6-1-2-7-20(18)29/h1-2,6-10,12-14,16-17H,3-5,11,30H2,(H,34,38)(H,32,33,36). The molecule has 11 heteroatoms. The number of hydrogen-bond acceptors (Lipinski definition) is 6. The molecular formula is C27H24F2N8O. The predicted molar refractivity (Wildman–Crippen MR) is 138 cm³/mol. The van der Waals surface area contributed by atoms with Gasteiger partial charge in [-0.05, 0) is 62.1 Å². The summed E-state index contributed by atoms with van der Waals surface area (Å²) >= 11 is 0. The molecule has 9 nitrogen and oxygen atoms in total. The fourth-order valence-electron chi connectivity index (χ4n) is 5.18. The number of hydrogen-bond donors (Lipinski definition) is 3. The number of fused-ring (bicyclic) bond motifs is 1. The number of nitrogens with one attached hydrogen (secondary N) is 2. The van der Waals surface area contributed by atoms with Crippen LogP contribution in [0.15, 0.2) is 61.1 Å². The van der Waals surface area contributed by atoms with Crippen LogP contribution in [0.5, 0.6) is 0 Å². The molecule has 6 rings (SSSR count). The molecule has 0 radical (unpaired) electrons. The zero-order chi connectivity index (χ0) is 26.2. The van der Waals surface area contributed by atoms with Crippen LogP contribution in [-0.4, -0.2) is 41.7 Å². The van der Waals surface area contributed by atoms with Crippen molar-refractivity contribution in [2.75, 3.05) is 5.73 Å². The normalized spacial score (nSPS) is 17.5. The number of aromatic amines is 1. The Bertz CT molecular complexity index is 1630. The number of amides is 1. The van der Waals surface area contributed by atoms with Gasteiger partial charge < -0.3 is 15.6 Å². The number of aromatic nitrogens is 6. The number of imidazole rings is 1. The zero-order valence-corrected chi connectivity index (χ0v) is 20.2. The van der Waals surface area contributed by atoms with Gasteiger partial charge in [0.15, 0.2) is 5.82 Å². The molecule has 2 atom stereocenters. The molecule has 1 aliphatic rings. The number of nitrogens with two attached hydrogens (primary N) is 1. The van der Waals surface area contributed by atoms with Crippen LogP contribution in [0.2, 0.25) is 0 Å². The van der Waals surface area contributed by atoms with Crippen molar-refractivity contribution in [2.45, 2.75) is 37.8 Å². The van der Waals surface area contributed by atoms with E-state index >= 15 is 0 Å². The summed E-state index contributed by atoms with van der Waals surface area (Å²) in [6, 6.07) is 11.8. The van der Waals surface area contributed by atoms with E-state index in [1.54, 1.807) is 24.4 Å². The van der Waals surface area contributed by atoms with Gasteiger partial charge in [0.1, 0.15) is 35.0 Å². The van der Waals surface area contributed by atoms with Gasteiger partial charge >= 0.3 is 0 Å². The molecule has 0 aliphatic heterocycles. The maximum Gasteiger partial charge on any atom is 0.253 e. The second kappa shape index (κ2) is 9.66. The van der Waals surface area contributed by atoms with Crippen LogP contribution in [0, 0.1) is 11.6 Å². The number of pyridine rings is 1. The van der Waals surface area contributed by atoms with Crippen LogP contribution < -0.4 is 11.1 Å². The molecule has 4 N–H and O–H groups in total. The number of anilines is 1. The summed E-state index contributed by atoms with van der Waals surface area (Å²) in [5.74, 6) is -0.333. The van der Waals surface area contributed by atoms with Crippen LogP contribution in [0.25, 0.3) is 33.9 Å². The quantitative estimate of drug-likeness (QED) is 0.293. The molecule has 38 heavy (non-hydrogen) atoms. The molecule has 3 aromatic heterocycles. The smallest absolute Gasteiger partial charge is 0.253 e. The van der Waals surface area contributed by atoms with Gasteiger partial charge in [0.05, 0.1) is 22.8 Å². The fraction of sp³-hybridized carbons (Fsp3) is 0.222. The summed E-state index contributed by atoms with van der Waals surface area (Å²) in [5, 5.41) is 9.75. The highest BCUT2D eigenvalue weighted by Gasteiger charge is 2.29. The molecule has 5 aromatic rings. The van der Waals surface area contributed by atoms with Gasteiger partial charge in [-0.2, -0.15) is 5.10 Å². The number of benzene rings is 2. The number of nitrogens with zero attached hydrogens (tertiary/aromatic N) is 5. The summed E-state index contributed by atoms with van der Waals surface area (Å²) in [6.45, 7) is 0. The Hall–Kier alpha value is -4.67. The van der Waals surface area contributed by atoms with Crippen LogP contribution in [-0.2, 0) is 0 Å². The second-order valence-electron chi connectivity index (χ2n) is 9.40. The molecule has 1 amide bonds. The van der Waals surface area contributed by atoms with Crippen molar-refractivity contribution in [3.8, 4) is 22.9 Å². The predicted octanol–water partition coefficient (Wildman–Crippen LogP) is 4.66. The lowest BCUT2D eigenvalue weighted by molar-refractivity contribution is 0.0921. The third-order valence-corrected chi connectivity index (χ3v) is 6.96. The molecule has 0 spiro atoms. The molecule has 0 bridgehead atoms. The number of carbonyl (C=O) groups excluding carboxylic acids is 1. The Morgan fingerprint density at radius 2 is 1.97 bits per heavy atom. The highest BCUT2D eigenvalue weighted by Crippen LogP contribution is 2.37. The Morgan fingerprint density at radius 3 is 2.79 bits per heavy atom. The summed E-state index contributed by atoms with van der Waals surface area (Å²) in [7, 11) is 0. The maximum absolute atomic E-state index is 15.0. The first-order valence-corrected chi connectivity index (χ1v) is 12.3. The number of H-pyrrole nitrogens is 1. The van der Waals surface area contributed by atoms with Gasteiger partial charge in [-0.15, -0.1) is 0 Å². The Morgan fingerprint density at radius 1 is 1.11 bits per heavy atom. The highest BCUT2D eigenvalue weighted by atomic mass is 19.1. The van der Waals surface area contributed by atoms with E-state index in [1.165, 1.54) is 24.5 Å². The Kier molecular flexibility index (Phi) is 6.02. The van der Waals surface area contributed by atoms with Crippen molar-refractivity contribution in [3.63, 3.8) is 0 Å². The lowest BCUT2D eigenvalue weighted by Crippen LogP contribution is -2.39. The third kappa shape index (κ3) is 4.36. The number of halogens is 2. The van der Waals surface area contributed by atoms with Crippen LogP contribution in [0.1, 0.15) is 42.1 Å². The van der Waals surface area contributed by atoms with Gasteiger partial charge in [-0.3, -0.25) is 14.9 Å². The molecular weight excluding hydrogens is 490 g/mol. The van der Waals surface area contributed by atoms with E-state index in [2.05, 4.69) is 25.5 Å². The second-order valence-corrected chi connectivity index (χ2v) is 9.40. The monoisotopic (exact) mass is 514 g/mol. The molecule has 3 heterocycles. The van der Waals surface area contributed by atoms with Gasteiger partial charge in [0.25, 0.3) is 5.91 Å². The Labute approximate surface area is 216 Å². The molecule has 2 unspecified atom stereocenters. The molecule has 192 valence electrons. The largest absolute Gasteiger partial charge is 0.398 e. The molecule has 2 aromatic carbocycles. The fourth-order valence-corrected chi connectivity index (χ4v) is 5.18. The van der Waals surface area contributed by atoms with Crippen molar-refractivity contribution in [1.29, 1.82) is 0 Å². The minimum absolute atomic E-state index is 0.0940. The molecule has 1 fully saturated rings. The first kappa shape index (κ1) is 23.7. The zero-order valence-electron chi connectivity index (χ0n) is 20.2. The molecule has 0 saturated heterocycles. The average Bonchev–Trinajstić information content (AvgIpc) is 3.58. The summed E-state index contributed by atoms with van der Waals surface area (Å²) in [5.41, 5.74) is 8.59. The number of nitrogen functional groups attached to an aromatic ring is 1. The summed E-state index contributed by atoms with van der Waals surface area (Å²) < 4.78 is 30.8. The van der Waals surface area contributed by atoms with Crippen molar-refractivity contribution in [3.05, 3.63) is 78.3 Å². The first-order chi connectivity index (χ1) is 18.5. The highest BCUT2D eigenvalue weighted by molar-refractivity contribution is 5.99.